The van der Waals surface area contributed by atoms with Crippen LogP contribution in [0.5, 0.6) is 0 Å². The lowest BCUT2D eigenvalue weighted by Gasteiger charge is -2.39. The van der Waals surface area contributed by atoms with Gasteiger partial charge in [0.05, 0.1) is 23.9 Å². The van der Waals surface area contributed by atoms with E-state index in [1.807, 2.05) is 32.9 Å². The van der Waals surface area contributed by atoms with Gasteiger partial charge in [0.1, 0.15) is 6.26 Å². The third-order valence-corrected chi connectivity index (χ3v) is 5.00. The summed E-state index contributed by atoms with van der Waals surface area (Å²) in [6.07, 6.45) is 10.9. The highest BCUT2D eigenvalue weighted by Gasteiger charge is 2.33. The summed E-state index contributed by atoms with van der Waals surface area (Å²) in [5.74, 6) is 0.306. The molecule has 2 heterocycles. The smallest absolute Gasteiger partial charge is 0.243 e. The molecule has 1 aliphatic rings. The maximum absolute atomic E-state index is 12.3. The van der Waals surface area contributed by atoms with Crippen molar-refractivity contribution in [3.63, 3.8) is 0 Å². The number of carbonyl (C=O) groups is 1. The zero-order valence-electron chi connectivity index (χ0n) is 16.1. The second kappa shape index (κ2) is 9.53. The van der Waals surface area contributed by atoms with Gasteiger partial charge in [-0.15, -0.1) is 0 Å². The lowest BCUT2D eigenvalue weighted by Crippen LogP contribution is -2.50. The van der Waals surface area contributed by atoms with Crippen molar-refractivity contribution in [3.8, 4) is 0 Å². The van der Waals surface area contributed by atoms with Crippen molar-refractivity contribution in [3.05, 3.63) is 54.5 Å². The third-order valence-electron chi connectivity index (χ3n) is 5.00. The molecule has 5 atom stereocenters. The first-order valence-electron chi connectivity index (χ1n) is 9.24. The van der Waals surface area contributed by atoms with Gasteiger partial charge in [-0.05, 0) is 38.7 Å². The number of amides is 1. The van der Waals surface area contributed by atoms with Gasteiger partial charge in [0, 0.05) is 12.0 Å². The fourth-order valence-electron chi connectivity index (χ4n) is 3.12. The van der Waals surface area contributed by atoms with Crippen molar-refractivity contribution < 1.29 is 14.1 Å². The molecule has 0 saturated carbocycles. The Morgan fingerprint density at radius 2 is 2.27 bits per heavy atom. The van der Waals surface area contributed by atoms with Crippen LogP contribution < -0.4 is 5.32 Å². The van der Waals surface area contributed by atoms with E-state index in [9.17, 15) is 4.79 Å². The number of hydrogen-bond acceptors (Lipinski definition) is 4. The van der Waals surface area contributed by atoms with E-state index >= 15 is 0 Å². The molecule has 1 aromatic rings. The fourth-order valence-corrected chi connectivity index (χ4v) is 3.12. The highest BCUT2D eigenvalue weighted by atomic mass is 16.5. The monoisotopic (exact) mass is 358 g/mol. The minimum Gasteiger partial charge on any atom is -0.373 e. The Kier molecular flexibility index (Phi) is 7.39. The summed E-state index contributed by atoms with van der Waals surface area (Å²) in [7, 11) is 0. The van der Waals surface area contributed by atoms with Crippen LogP contribution in [0.3, 0.4) is 0 Å². The van der Waals surface area contributed by atoms with Crippen LogP contribution in [0.4, 0.5) is 0 Å². The summed E-state index contributed by atoms with van der Waals surface area (Å²) < 4.78 is 11.0. The second-order valence-electron chi connectivity index (χ2n) is 7.17. The van der Waals surface area contributed by atoms with Crippen LogP contribution in [-0.2, 0) is 9.53 Å². The Balaban J connectivity index is 1.86. The topological polar surface area (TPSA) is 64.4 Å². The number of rotatable bonds is 7. The van der Waals surface area contributed by atoms with Gasteiger partial charge in [-0.1, -0.05) is 49.4 Å². The van der Waals surface area contributed by atoms with Crippen LogP contribution in [0.25, 0.3) is 0 Å². The molecular weight excluding hydrogens is 328 g/mol. The summed E-state index contributed by atoms with van der Waals surface area (Å²) in [4.78, 5) is 12.3. The number of nitrogens with zero attached hydrogens (tertiary/aromatic N) is 1. The van der Waals surface area contributed by atoms with Gasteiger partial charge >= 0.3 is 0 Å². The van der Waals surface area contributed by atoms with Crippen LogP contribution in [0.15, 0.2) is 53.3 Å². The van der Waals surface area contributed by atoms with Crippen molar-refractivity contribution in [2.45, 2.75) is 64.7 Å². The Bertz CT molecular complexity index is 648. The lowest BCUT2D eigenvalue weighted by atomic mass is 9.88. The Morgan fingerprint density at radius 1 is 1.50 bits per heavy atom. The molecule has 1 amide bonds. The minimum atomic E-state index is -0.103. The number of allylic oxidation sites excluding steroid dienone is 3. The maximum atomic E-state index is 12.3. The largest absolute Gasteiger partial charge is 0.373 e. The fraction of sp³-hybridized carbons (Fsp3) is 0.524. The molecule has 0 radical (unpaired) electrons. The Morgan fingerprint density at radius 3 is 2.92 bits per heavy atom. The van der Waals surface area contributed by atoms with E-state index in [0.29, 0.717) is 5.92 Å². The molecule has 1 saturated heterocycles. The molecule has 0 aliphatic carbocycles. The van der Waals surface area contributed by atoms with Gasteiger partial charge in [0.2, 0.25) is 5.91 Å². The van der Waals surface area contributed by atoms with Gasteiger partial charge in [-0.3, -0.25) is 4.79 Å². The summed E-state index contributed by atoms with van der Waals surface area (Å²) >= 11 is 0. The first-order valence-corrected chi connectivity index (χ1v) is 9.24. The first kappa shape index (κ1) is 20.2. The van der Waals surface area contributed by atoms with E-state index in [-0.39, 0.29) is 30.1 Å². The average molecular weight is 358 g/mol. The Hall–Kier alpha value is -2.14. The van der Waals surface area contributed by atoms with Crippen molar-refractivity contribution in [1.29, 1.82) is 0 Å². The summed E-state index contributed by atoms with van der Waals surface area (Å²) in [6.45, 7) is 12.0. The van der Waals surface area contributed by atoms with Gasteiger partial charge in [0.15, 0.2) is 0 Å². The SMILES string of the molecule is C=C/C(C)=C/C[C@@H]1O[C@H](C)[C@H](NC(=O)/C=C/C(C)c2ccon2)C[C@@H]1C. The molecule has 1 aromatic heterocycles. The average Bonchev–Trinajstić information content (AvgIpc) is 3.15. The molecule has 5 nitrogen and oxygen atoms in total. The Labute approximate surface area is 156 Å². The van der Waals surface area contributed by atoms with Crippen LogP contribution in [0.1, 0.15) is 52.1 Å². The molecule has 142 valence electrons. The summed E-state index contributed by atoms with van der Waals surface area (Å²) in [5, 5.41) is 6.96. The molecule has 26 heavy (non-hydrogen) atoms. The number of nitrogens with one attached hydrogen (secondary N) is 1. The quantitative estimate of drug-likeness (QED) is 0.587. The molecule has 0 aromatic carbocycles. The van der Waals surface area contributed by atoms with Crippen molar-refractivity contribution in [2.75, 3.05) is 0 Å². The van der Waals surface area contributed by atoms with E-state index in [2.05, 4.69) is 30.1 Å². The third kappa shape index (κ3) is 5.70. The molecule has 0 bridgehead atoms. The van der Waals surface area contributed by atoms with Gasteiger partial charge < -0.3 is 14.6 Å². The molecule has 1 unspecified atom stereocenters. The number of hydrogen-bond donors (Lipinski definition) is 1. The molecule has 1 fully saturated rings. The number of ether oxygens (including phenoxy) is 1. The van der Waals surface area contributed by atoms with Crippen LogP contribution in [-0.4, -0.2) is 29.3 Å². The van der Waals surface area contributed by atoms with Gasteiger partial charge in [-0.2, -0.15) is 0 Å². The minimum absolute atomic E-state index is 0.0149. The highest BCUT2D eigenvalue weighted by molar-refractivity contribution is 5.87. The first-order chi connectivity index (χ1) is 12.4. The van der Waals surface area contributed by atoms with Gasteiger partial charge in [0.25, 0.3) is 0 Å². The van der Waals surface area contributed by atoms with E-state index < -0.39 is 0 Å². The second-order valence-corrected chi connectivity index (χ2v) is 7.17. The van der Waals surface area contributed by atoms with Gasteiger partial charge in [-0.25, -0.2) is 0 Å². The summed E-state index contributed by atoms with van der Waals surface area (Å²) in [5.41, 5.74) is 1.97. The lowest BCUT2D eigenvalue weighted by molar-refractivity contribution is -0.123. The van der Waals surface area contributed by atoms with E-state index in [1.165, 1.54) is 6.26 Å². The van der Waals surface area contributed by atoms with E-state index in [0.717, 1.165) is 24.1 Å². The van der Waals surface area contributed by atoms with E-state index in [1.54, 1.807) is 12.1 Å². The van der Waals surface area contributed by atoms with Crippen LogP contribution >= 0.6 is 0 Å². The molecular formula is C21H30N2O3. The summed E-state index contributed by atoms with van der Waals surface area (Å²) in [6, 6.07) is 1.82. The van der Waals surface area contributed by atoms with Crippen LogP contribution in [0.2, 0.25) is 0 Å². The molecule has 1 N–H and O–H groups in total. The van der Waals surface area contributed by atoms with Crippen molar-refractivity contribution in [2.24, 2.45) is 5.92 Å². The zero-order valence-corrected chi connectivity index (χ0v) is 16.1. The van der Waals surface area contributed by atoms with Crippen LogP contribution in [0, 0.1) is 5.92 Å². The highest BCUT2D eigenvalue weighted by Crippen LogP contribution is 2.28. The predicted molar refractivity (Wildman–Crippen MR) is 103 cm³/mol. The van der Waals surface area contributed by atoms with E-state index in [4.69, 9.17) is 9.26 Å². The normalized spacial score (nSPS) is 28.1. The zero-order chi connectivity index (χ0) is 19.1. The number of carbonyl (C=O) groups excluding carboxylic acids is 1. The maximum Gasteiger partial charge on any atom is 0.243 e. The molecule has 2 rings (SSSR count). The molecule has 5 heteroatoms. The van der Waals surface area contributed by atoms with Crippen molar-refractivity contribution >= 4 is 5.91 Å². The molecule has 0 spiro atoms. The standard InChI is InChI=1S/C21H30N2O3/c1-6-14(2)7-9-20-16(4)13-19(17(5)26-20)22-21(24)10-8-15(3)18-11-12-25-23-18/h6-8,10-12,15-17,19-20H,1,9,13H2,2-5H3,(H,22,24)/b10-8+,14-7+/t15?,16-,17+,19+,20-/m0/s1. The molecule has 1 aliphatic heterocycles. The van der Waals surface area contributed by atoms with Crippen molar-refractivity contribution in [1.82, 2.24) is 10.5 Å². The number of aromatic nitrogens is 1. The predicted octanol–water partition coefficient (Wildman–Crippen LogP) is 4.16.